The molecule has 5 heteroatoms. The molecule has 2 rings (SSSR count). The standard InChI is InChI=1S/C18H19NO4/c1-22-15-7-3-13(4-8-15)6-10-18(21)19-12-14-5-9-16(20)17(11-14)23-2/h3-11,20H,12H2,1-2H3,(H,19,21)/b10-6+. The first-order chi connectivity index (χ1) is 11.1. The Morgan fingerprint density at radius 3 is 2.52 bits per heavy atom. The molecule has 0 aromatic heterocycles. The number of hydrogen-bond acceptors (Lipinski definition) is 4. The van der Waals surface area contributed by atoms with Crippen molar-refractivity contribution in [2.24, 2.45) is 0 Å². The third-order valence-electron chi connectivity index (χ3n) is 3.25. The van der Waals surface area contributed by atoms with E-state index in [0.717, 1.165) is 16.9 Å². The summed E-state index contributed by atoms with van der Waals surface area (Å²) in [6.45, 7) is 0.350. The minimum Gasteiger partial charge on any atom is -0.504 e. The molecule has 0 unspecified atom stereocenters. The minimum atomic E-state index is -0.201. The molecule has 0 saturated heterocycles. The van der Waals surface area contributed by atoms with Gasteiger partial charge in [-0.05, 0) is 41.5 Å². The molecule has 2 N–H and O–H groups in total. The highest BCUT2D eigenvalue weighted by Gasteiger charge is 2.03. The van der Waals surface area contributed by atoms with Gasteiger partial charge >= 0.3 is 0 Å². The number of carbonyl (C=O) groups excluding carboxylic acids is 1. The van der Waals surface area contributed by atoms with Gasteiger partial charge in [0.15, 0.2) is 11.5 Å². The number of phenolic OH excluding ortho intramolecular Hbond substituents is 1. The Balaban J connectivity index is 1.90. The van der Waals surface area contributed by atoms with Crippen molar-refractivity contribution in [2.75, 3.05) is 14.2 Å². The van der Waals surface area contributed by atoms with Crippen LogP contribution in [0, 0.1) is 0 Å². The van der Waals surface area contributed by atoms with Gasteiger partial charge in [0.25, 0.3) is 0 Å². The molecule has 0 spiro atoms. The Kier molecular flexibility index (Phi) is 5.63. The van der Waals surface area contributed by atoms with Gasteiger partial charge in [-0.2, -0.15) is 0 Å². The number of nitrogens with one attached hydrogen (secondary N) is 1. The number of benzene rings is 2. The van der Waals surface area contributed by atoms with Gasteiger partial charge < -0.3 is 19.9 Å². The Hall–Kier alpha value is -2.95. The van der Waals surface area contributed by atoms with Crippen LogP contribution in [-0.4, -0.2) is 25.2 Å². The minimum absolute atomic E-state index is 0.0713. The van der Waals surface area contributed by atoms with E-state index >= 15 is 0 Å². The molecule has 0 aliphatic carbocycles. The monoisotopic (exact) mass is 313 g/mol. The molecule has 0 heterocycles. The van der Waals surface area contributed by atoms with Crippen LogP contribution in [0.2, 0.25) is 0 Å². The lowest BCUT2D eigenvalue weighted by Crippen LogP contribution is -2.20. The summed E-state index contributed by atoms with van der Waals surface area (Å²) in [6, 6.07) is 12.4. The maximum atomic E-state index is 11.8. The number of aromatic hydroxyl groups is 1. The summed E-state index contributed by atoms with van der Waals surface area (Å²) < 4.78 is 10.1. The second-order valence-corrected chi connectivity index (χ2v) is 4.83. The van der Waals surface area contributed by atoms with E-state index in [2.05, 4.69) is 5.32 Å². The molecule has 2 aromatic carbocycles. The van der Waals surface area contributed by atoms with Gasteiger partial charge in [0.2, 0.25) is 5.91 Å². The molecular weight excluding hydrogens is 294 g/mol. The molecule has 0 fully saturated rings. The zero-order chi connectivity index (χ0) is 16.7. The number of amides is 1. The predicted molar refractivity (Wildman–Crippen MR) is 88.5 cm³/mol. The lowest BCUT2D eigenvalue weighted by atomic mass is 10.2. The highest BCUT2D eigenvalue weighted by molar-refractivity contribution is 5.91. The van der Waals surface area contributed by atoms with Crippen molar-refractivity contribution >= 4 is 12.0 Å². The normalized spacial score (nSPS) is 10.5. The van der Waals surface area contributed by atoms with Gasteiger partial charge in [0.05, 0.1) is 14.2 Å². The van der Waals surface area contributed by atoms with Crippen LogP contribution in [0.1, 0.15) is 11.1 Å². The fourth-order valence-corrected chi connectivity index (χ4v) is 1.97. The van der Waals surface area contributed by atoms with Gasteiger partial charge in [-0.1, -0.05) is 18.2 Å². The lowest BCUT2D eigenvalue weighted by molar-refractivity contribution is -0.116. The van der Waals surface area contributed by atoms with E-state index in [1.807, 2.05) is 24.3 Å². The first-order valence-electron chi connectivity index (χ1n) is 7.08. The Morgan fingerprint density at radius 1 is 1.13 bits per heavy atom. The zero-order valence-corrected chi connectivity index (χ0v) is 13.1. The molecule has 0 aliphatic rings. The summed E-state index contributed by atoms with van der Waals surface area (Å²) >= 11 is 0. The quantitative estimate of drug-likeness (QED) is 0.805. The molecule has 1 amide bonds. The number of hydrogen-bond donors (Lipinski definition) is 2. The van der Waals surface area contributed by atoms with Crippen LogP contribution in [0.5, 0.6) is 17.2 Å². The van der Waals surface area contributed by atoms with Crippen molar-refractivity contribution in [1.82, 2.24) is 5.32 Å². The van der Waals surface area contributed by atoms with Crippen molar-refractivity contribution in [1.29, 1.82) is 0 Å². The van der Waals surface area contributed by atoms with E-state index in [9.17, 15) is 9.90 Å². The molecule has 120 valence electrons. The molecule has 0 aliphatic heterocycles. The van der Waals surface area contributed by atoms with Crippen LogP contribution in [-0.2, 0) is 11.3 Å². The fraction of sp³-hybridized carbons (Fsp3) is 0.167. The van der Waals surface area contributed by atoms with E-state index in [0.29, 0.717) is 12.3 Å². The maximum absolute atomic E-state index is 11.8. The van der Waals surface area contributed by atoms with Crippen molar-refractivity contribution in [3.63, 3.8) is 0 Å². The van der Waals surface area contributed by atoms with Crippen molar-refractivity contribution in [3.8, 4) is 17.2 Å². The molecule has 0 atom stereocenters. The predicted octanol–water partition coefficient (Wildman–Crippen LogP) is 2.74. The third kappa shape index (κ3) is 4.78. The topological polar surface area (TPSA) is 67.8 Å². The van der Waals surface area contributed by atoms with Gasteiger partial charge in [-0.25, -0.2) is 0 Å². The van der Waals surface area contributed by atoms with Crippen molar-refractivity contribution in [3.05, 3.63) is 59.7 Å². The third-order valence-corrected chi connectivity index (χ3v) is 3.25. The van der Waals surface area contributed by atoms with E-state index in [-0.39, 0.29) is 11.7 Å². The molecule has 0 radical (unpaired) electrons. The maximum Gasteiger partial charge on any atom is 0.244 e. The van der Waals surface area contributed by atoms with E-state index in [1.54, 1.807) is 25.3 Å². The molecule has 23 heavy (non-hydrogen) atoms. The number of carbonyl (C=O) groups is 1. The summed E-state index contributed by atoms with van der Waals surface area (Å²) in [6.07, 6.45) is 3.20. The van der Waals surface area contributed by atoms with Crippen LogP contribution in [0.25, 0.3) is 6.08 Å². The van der Waals surface area contributed by atoms with Crippen LogP contribution in [0.3, 0.4) is 0 Å². The SMILES string of the molecule is COc1ccc(/C=C/C(=O)NCc2ccc(O)c(OC)c2)cc1. The number of phenols is 1. The average Bonchev–Trinajstić information content (AvgIpc) is 2.59. The summed E-state index contributed by atoms with van der Waals surface area (Å²) in [4.78, 5) is 11.8. The van der Waals surface area contributed by atoms with E-state index in [4.69, 9.17) is 9.47 Å². The van der Waals surface area contributed by atoms with Gasteiger partial charge in [0, 0.05) is 12.6 Å². The largest absolute Gasteiger partial charge is 0.504 e. The Morgan fingerprint density at radius 2 is 1.87 bits per heavy atom. The van der Waals surface area contributed by atoms with E-state index in [1.165, 1.54) is 19.3 Å². The van der Waals surface area contributed by atoms with Gasteiger partial charge in [0.1, 0.15) is 5.75 Å². The van der Waals surface area contributed by atoms with Crippen molar-refractivity contribution < 1.29 is 19.4 Å². The molecule has 0 saturated carbocycles. The van der Waals surface area contributed by atoms with Gasteiger partial charge in [-0.15, -0.1) is 0 Å². The first-order valence-corrected chi connectivity index (χ1v) is 7.08. The highest BCUT2D eigenvalue weighted by Crippen LogP contribution is 2.26. The first kappa shape index (κ1) is 16.4. The zero-order valence-electron chi connectivity index (χ0n) is 13.1. The van der Waals surface area contributed by atoms with Gasteiger partial charge in [-0.3, -0.25) is 4.79 Å². The fourth-order valence-electron chi connectivity index (χ4n) is 1.97. The average molecular weight is 313 g/mol. The van der Waals surface area contributed by atoms with E-state index < -0.39 is 0 Å². The van der Waals surface area contributed by atoms with Crippen LogP contribution in [0.4, 0.5) is 0 Å². The highest BCUT2D eigenvalue weighted by atomic mass is 16.5. The number of methoxy groups -OCH3 is 2. The van der Waals surface area contributed by atoms with Crippen LogP contribution in [0.15, 0.2) is 48.5 Å². The molecule has 0 bridgehead atoms. The Bertz CT molecular complexity index is 693. The second kappa shape index (κ2) is 7.89. The molecule has 5 nitrogen and oxygen atoms in total. The van der Waals surface area contributed by atoms with Crippen LogP contribution < -0.4 is 14.8 Å². The smallest absolute Gasteiger partial charge is 0.244 e. The summed E-state index contributed by atoms with van der Waals surface area (Å²) in [5.74, 6) is 1.02. The summed E-state index contributed by atoms with van der Waals surface area (Å²) in [5, 5.41) is 12.3. The Labute approximate surface area is 135 Å². The second-order valence-electron chi connectivity index (χ2n) is 4.83. The summed E-state index contributed by atoms with van der Waals surface area (Å²) in [5.41, 5.74) is 1.75. The number of rotatable bonds is 6. The lowest BCUT2D eigenvalue weighted by Gasteiger charge is -2.07. The summed E-state index contributed by atoms with van der Waals surface area (Å²) in [7, 11) is 3.09. The molecule has 2 aromatic rings. The number of ether oxygens (including phenoxy) is 2. The van der Waals surface area contributed by atoms with Crippen molar-refractivity contribution in [2.45, 2.75) is 6.54 Å². The van der Waals surface area contributed by atoms with Crippen LogP contribution >= 0.6 is 0 Å². The molecular formula is C18H19NO4.